The summed E-state index contributed by atoms with van der Waals surface area (Å²) in [5, 5.41) is 13.0. The maximum absolute atomic E-state index is 12.4. The van der Waals surface area contributed by atoms with Crippen LogP contribution in [0.3, 0.4) is 0 Å². The van der Waals surface area contributed by atoms with Crippen molar-refractivity contribution in [1.82, 2.24) is 20.2 Å². The van der Waals surface area contributed by atoms with Crippen LogP contribution in [0.4, 0.5) is 5.69 Å². The third-order valence-corrected chi connectivity index (χ3v) is 5.49. The second-order valence-electron chi connectivity index (χ2n) is 6.79. The summed E-state index contributed by atoms with van der Waals surface area (Å²) in [5.41, 5.74) is 7.13. The van der Waals surface area contributed by atoms with E-state index in [9.17, 15) is 4.79 Å². The highest BCUT2D eigenvalue weighted by molar-refractivity contribution is 7.98. The Hall–Kier alpha value is -3.13. The van der Waals surface area contributed by atoms with Crippen LogP contribution < -0.4 is 10.3 Å². The van der Waals surface area contributed by atoms with E-state index in [0.29, 0.717) is 5.56 Å². The first-order valence-electron chi connectivity index (χ1n) is 9.12. The third-order valence-electron chi connectivity index (χ3n) is 4.38. The fourth-order valence-corrected chi connectivity index (χ4v) is 3.41. The lowest BCUT2D eigenvalue weighted by atomic mass is 10.1. The van der Waals surface area contributed by atoms with E-state index in [2.05, 4.69) is 20.7 Å². The van der Waals surface area contributed by atoms with Gasteiger partial charge in [0.2, 0.25) is 0 Å². The highest BCUT2D eigenvalue weighted by atomic mass is 32.2. The minimum Gasteiger partial charge on any atom is -0.378 e. The summed E-state index contributed by atoms with van der Waals surface area (Å²) in [6, 6.07) is 15.5. The zero-order valence-electron chi connectivity index (χ0n) is 17.0. The SMILES string of the molecule is C/C(=N/NC(=O)c1ccc(CSc2nncn2C)cc1)c1ccc(N(C)C)cc1. The van der Waals surface area contributed by atoms with Gasteiger partial charge in [0.15, 0.2) is 5.16 Å². The fourth-order valence-electron chi connectivity index (χ4n) is 2.57. The van der Waals surface area contributed by atoms with Gasteiger partial charge in [-0.1, -0.05) is 36.0 Å². The molecule has 0 bridgehead atoms. The van der Waals surface area contributed by atoms with Gasteiger partial charge in [-0.2, -0.15) is 5.10 Å². The van der Waals surface area contributed by atoms with E-state index in [-0.39, 0.29) is 5.91 Å². The standard InChI is InChI=1S/C21H24N6OS/c1-15(17-9-11-19(12-10-17)26(2)3)23-24-20(28)18-7-5-16(6-8-18)13-29-21-25-22-14-27(21)4/h5-12,14H,13H2,1-4H3,(H,24,28)/b23-15-. The number of thioether (sulfide) groups is 1. The van der Waals surface area contributed by atoms with Gasteiger partial charge in [0.05, 0.1) is 5.71 Å². The molecule has 3 aromatic rings. The number of hydrogen-bond donors (Lipinski definition) is 1. The number of hydrogen-bond acceptors (Lipinski definition) is 6. The molecule has 1 N–H and O–H groups in total. The van der Waals surface area contributed by atoms with Gasteiger partial charge < -0.3 is 9.47 Å². The molecule has 0 saturated carbocycles. The summed E-state index contributed by atoms with van der Waals surface area (Å²) in [6.07, 6.45) is 1.68. The first kappa shape index (κ1) is 20.6. The number of aromatic nitrogens is 3. The lowest BCUT2D eigenvalue weighted by Gasteiger charge is -2.12. The molecule has 29 heavy (non-hydrogen) atoms. The number of nitrogens with one attached hydrogen (secondary N) is 1. The van der Waals surface area contributed by atoms with Gasteiger partial charge in [-0.25, -0.2) is 5.43 Å². The number of carbonyl (C=O) groups is 1. The van der Waals surface area contributed by atoms with Crippen molar-refractivity contribution in [3.05, 3.63) is 71.5 Å². The van der Waals surface area contributed by atoms with Gasteiger partial charge in [0.1, 0.15) is 6.33 Å². The predicted molar refractivity (Wildman–Crippen MR) is 117 cm³/mol. The smallest absolute Gasteiger partial charge is 0.271 e. The molecule has 1 heterocycles. The van der Waals surface area contributed by atoms with Gasteiger partial charge in [-0.05, 0) is 42.3 Å². The molecule has 0 spiro atoms. The Balaban J connectivity index is 1.57. The van der Waals surface area contributed by atoms with Gasteiger partial charge in [0.25, 0.3) is 5.91 Å². The quantitative estimate of drug-likeness (QED) is 0.369. The molecule has 0 saturated heterocycles. The highest BCUT2D eigenvalue weighted by Crippen LogP contribution is 2.20. The van der Waals surface area contributed by atoms with Crippen molar-refractivity contribution in [3.63, 3.8) is 0 Å². The van der Waals surface area contributed by atoms with Gasteiger partial charge >= 0.3 is 0 Å². The van der Waals surface area contributed by atoms with E-state index in [1.165, 1.54) is 0 Å². The largest absolute Gasteiger partial charge is 0.378 e. The topological polar surface area (TPSA) is 75.4 Å². The van der Waals surface area contributed by atoms with E-state index >= 15 is 0 Å². The Kier molecular flexibility index (Phi) is 6.66. The number of hydrazone groups is 1. The molecule has 0 aliphatic heterocycles. The first-order valence-corrected chi connectivity index (χ1v) is 10.1. The number of amides is 1. The number of rotatable bonds is 7. The van der Waals surface area contributed by atoms with Crippen LogP contribution in [0.2, 0.25) is 0 Å². The number of nitrogens with zero attached hydrogens (tertiary/aromatic N) is 5. The van der Waals surface area contributed by atoms with Crippen molar-refractivity contribution in [2.75, 3.05) is 19.0 Å². The van der Waals surface area contributed by atoms with E-state index in [1.54, 1.807) is 30.2 Å². The zero-order chi connectivity index (χ0) is 20.8. The summed E-state index contributed by atoms with van der Waals surface area (Å²) < 4.78 is 1.88. The first-order chi connectivity index (χ1) is 13.9. The second-order valence-corrected chi connectivity index (χ2v) is 7.73. The second kappa shape index (κ2) is 9.38. The zero-order valence-corrected chi connectivity index (χ0v) is 17.8. The van der Waals surface area contributed by atoms with Gasteiger partial charge in [-0.3, -0.25) is 4.79 Å². The molecule has 0 unspecified atom stereocenters. The van der Waals surface area contributed by atoms with E-state index in [0.717, 1.165) is 33.4 Å². The van der Waals surface area contributed by atoms with Crippen molar-refractivity contribution in [2.24, 2.45) is 12.1 Å². The van der Waals surface area contributed by atoms with E-state index in [4.69, 9.17) is 0 Å². The average molecular weight is 409 g/mol. The Morgan fingerprint density at radius 3 is 2.34 bits per heavy atom. The molecule has 7 nitrogen and oxygen atoms in total. The lowest BCUT2D eigenvalue weighted by molar-refractivity contribution is 0.0955. The monoisotopic (exact) mass is 408 g/mol. The van der Waals surface area contributed by atoms with Crippen LogP contribution >= 0.6 is 11.8 Å². The van der Waals surface area contributed by atoms with Gasteiger partial charge in [-0.15, -0.1) is 10.2 Å². The van der Waals surface area contributed by atoms with Crippen molar-refractivity contribution in [3.8, 4) is 0 Å². The molecule has 2 aromatic carbocycles. The van der Waals surface area contributed by atoms with E-state index in [1.807, 2.05) is 73.9 Å². The molecule has 8 heteroatoms. The molecule has 1 aromatic heterocycles. The minimum atomic E-state index is -0.234. The summed E-state index contributed by atoms with van der Waals surface area (Å²) in [6.45, 7) is 1.87. The normalized spacial score (nSPS) is 11.4. The molecule has 0 aliphatic carbocycles. The Morgan fingerprint density at radius 2 is 1.76 bits per heavy atom. The minimum absolute atomic E-state index is 0.234. The molecule has 3 rings (SSSR count). The van der Waals surface area contributed by atoms with Crippen LogP contribution in [0.1, 0.15) is 28.4 Å². The molecule has 0 aliphatic rings. The summed E-state index contributed by atoms with van der Waals surface area (Å²) in [5.74, 6) is 0.524. The molecular weight excluding hydrogens is 384 g/mol. The molecule has 0 radical (unpaired) electrons. The van der Waals surface area contributed by atoms with Crippen LogP contribution in [-0.2, 0) is 12.8 Å². The van der Waals surface area contributed by atoms with Crippen LogP contribution in [0.15, 0.2) is 65.1 Å². The van der Waals surface area contributed by atoms with Crippen LogP contribution in [0, 0.1) is 0 Å². The average Bonchev–Trinajstić information content (AvgIpc) is 3.15. The number of benzene rings is 2. The number of anilines is 1. The van der Waals surface area contributed by atoms with E-state index < -0.39 is 0 Å². The summed E-state index contributed by atoms with van der Waals surface area (Å²) in [4.78, 5) is 14.4. The Bertz CT molecular complexity index is 993. The van der Waals surface area contributed by atoms with Crippen LogP contribution in [-0.4, -0.2) is 40.5 Å². The van der Waals surface area contributed by atoms with Crippen molar-refractivity contribution >= 4 is 29.1 Å². The maximum atomic E-state index is 12.4. The summed E-state index contributed by atoms with van der Waals surface area (Å²) >= 11 is 1.60. The fraction of sp³-hybridized carbons (Fsp3) is 0.238. The lowest BCUT2D eigenvalue weighted by Crippen LogP contribution is -2.19. The Morgan fingerprint density at radius 1 is 1.10 bits per heavy atom. The Labute approximate surface area is 174 Å². The van der Waals surface area contributed by atoms with Crippen molar-refractivity contribution < 1.29 is 4.79 Å². The predicted octanol–water partition coefficient (Wildman–Crippen LogP) is 3.33. The molecule has 0 atom stereocenters. The summed E-state index contributed by atoms with van der Waals surface area (Å²) in [7, 11) is 5.90. The van der Waals surface area contributed by atoms with Crippen LogP contribution in [0.5, 0.6) is 0 Å². The highest BCUT2D eigenvalue weighted by Gasteiger charge is 2.07. The molecule has 1 amide bonds. The van der Waals surface area contributed by atoms with Crippen LogP contribution in [0.25, 0.3) is 0 Å². The van der Waals surface area contributed by atoms with Gasteiger partial charge in [0, 0.05) is 38.1 Å². The number of carbonyl (C=O) groups excluding carboxylic acids is 1. The molecule has 0 fully saturated rings. The van der Waals surface area contributed by atoms with Crippen molar-refractivity contribution in [1.29, 1.82) is 0 Å². The third kappa shape index (κ3) is 5.45. The maximum Gasteiger partial charge on any atom is 0.271 e. The van der Waals surface area contributed by atoms with Crippen molar-refractivity contribution in [2.45, 2.75) is 17.8 Å². The number of aryl methyl sites for hydroxylation is 1. The molecular formula is C21H24N6OS. The molecule has 150 valence electrons.